The number of benzene rings is 2. The smallest absolute Gasteiger partial charge is 0.374 e. The van der Waals surface area contributed by atoms with Gasteiger partial charge < -0.3 is 4.74 Å². The fraction of sp³-hybridized carbons (Fsp3) is 0.0556. The second-order valence-electron chi connectivity index (χ2n) is 5.63. The van der Waals surface area contributed by atoms with E-state index in [-0.39, 0.29) is 11.7 Å². The van der Waals surface area contributed by atoms with E-state index in [0.29, 0.717) is 16.3 Å². The van der Waals surface area contributed by atoms with Gasteiger partial charge in [0.1, 0.15) is 12.1 Å². The number of ether oxygens (including phenoxy) is 1. The van der Waals surface area contributed by atoms with Gasteiger partial charge in [0.2, 0.25) is 5.82 Å². The average Bonchev–Trinajstić information content (AvgIpc) is 2.68. The van der Waals surface area contributed by atoms with Gasteiger partial charge in [0.05, 0.1) is 4.92 Å². The molecular formula is C18H14ClN5O4. The van der Waals surface area contributed by atoms with Gasteiger partial charge >= 0.3 is 11.6 Å². The number of hydrazine groups is 1. The molecule has 0 unspecified atom stereocenters. The molecule has 0 saturated heterocycles. The van der Waals surface area contributed by atoms with E-state index in [0.717, 1.165) is 11.9 Å². The van der Waals surface area contributed by atoms with Gasteiger partial charge in [-0.15, -0.1) is 0 Å². The van der Waals surface area contributed by atoms with Crippen LogP contribution in [0.15, 0.2) is 54.9 Å². The molecule has 0 saturated carbocycles. The van der Waals surface area contributed by atoms with Gasteiger partial charge in [0.15, 0.2) is 0 Å². The van der Waals surface area contributed by atoms with Crippen molar-refractivity contribution in [3.8, 4) is 11.6 Å². The van der Waals surface area contributed by atoms with Crippen molar-refractivity contribution in [2.45, 2.75) is 6.92 Å². The van der Waals surface area contributed by atoms with Gasteiger partial charge in [-0.1, -0.05) is 29.3 Å². The van der Waals surface area contributed by atoms with Crippen LogP contribution in [0.3, 0.4) is 0 Å². The molecule has 142 valence electrons. The average molecular weight is 400 g/mol. The number of hydrogen-bond donors (Lipinski definition) is 2. The molecule has 0 fully saturated rings. The summed E-state index contributed by atoms with van der Waals surface area (Å²) in [5.41, 5.74) is 5.59. The molecule has 0 atom stereocenters. The van der Waals surface area contributed by atoms with Crippen molar-refractivity contribution < 1.29 is 14.5 Å². The number of nitrogens with one attached hydrogen (secondary N) is 2. The standard InChI is InChI=1S/C18H14ClN5O4/c1-11-2-8-14(9-3-11)28-18-15(24(26)27)16(20-10-21-18)22-23-17(25)12-4-6-13(19)7-5-12/h2-10H,1H3,(H,23,25)(H,20,21,22). The third-order valence-electron chi connectivity index (χ3n) is 3.61. The van der Waals surface area contributed by atoms with E-state index in [1.54, 1.807) is 36.4 Å². The Morgan fingerprint density at radius 1 is 1.11 bits per heavy atom. The highest BCUT2D eigenvalue weighted by atomic mass is 35.5. The first kappa shape index (κ1) is 19.1. The number of aryl methyl sites for hydroxylation is 1. The van der Waals surface area contributed by atoms with E-state index in [9.17, 15) is 14.9 Å². The normalized spacial score (nSPS) is 10.2. The summed E-state index contributed by atoms with van der Waals surface area (Å²) in [5, 5.41) is 12.0. The van der Waals surface area contributed by atoms with Crippen LogP contribution in [0.2, 0.25) is 5.02 Å². The first-order chi connectivity index (χ1) is 13.4. The van der Waals surface area contributed by atoms with Gasteiger partial charge in [0.25, 0.3) is 5.91 Å². The molecule has 1 aromatic heterocycles. The lowest BCUT2D eigenvalue weighted by Gasteiger charge is -2.10. The van der Waals surface area contributed by atoms with E-state index < -0.39 is 16.5 Å². The SMILES string of the molecule is Cc1ccc(Oc2ncnc(NNC(=O)c3ccc(Cl)cc3)c2[N+](=O)[O-])cc1. The number of nitrogens with zero attached hydrogens (tertiary/aromatic N) is 3. The summed E-state index contributed by atoms with van der Waals surface area (Å²) < 4.78 is 5.51. The number of nitro groups is 1. The quantitative estimate of drug-likeness (QED) is 0.476. The molecule has 0 aliphatic rings. The lowest BCUT2D eigenvalue weighted by atomic mass is 10.2. The molecule has 10 heteroatoms. The summed E-state index contributed by atoms with van der Waals surface area (Å²) in [4.78, 5) is 30.6. The van der Waals surface area contributed by atoms with Crippen molar-refractivity contribution in [3.05, 3.63) is 81.1 Å². The Balaban J connectivity index is 1.80. The minimum atomic E-state index is -0.694. The molecule has 1 amide bonds. The number of anilines is 1. The second-order valence-corrected chi connectivity index (χ2v) is 6.07. The highest BCUT2D eigenvalue weighted by Gasteiger charge is 2.25. The van der Waals surface area contributed by atoms with Crippen molar-refractivity contribution in [2.75, 3.05) is 5.43 Å². The first-order valence-electron chi connectivity index (χ1n) is 8.00. The summed E-state index contributed by atoms with van der Waals surface area (Å²) >= 11 is 5.78. The number of halogens is 1. The predicted octanol–water partition coefficient (Wildman–Crippen LogP) is 3.90. The van der Waals surface area contributed by atoms with Crippen molar-refractivity contribution in [1.82, 2.24) is 15.4 Å². The summed E-state index contributed by atoms with van der Waals surface area (Å²) in [6, 6.07) is 13.1. The van der Waals surface area contributed by atoms with Crippen LogP contribution in [0.4, 0.5) is 11.5 Å². The van der Waals surface area contributed by atoms with E-state index in [1.807, 2.05) is 6.92 Å². The molecule has 28 heavy (non-hydrogen) atoms. The lowest BCUT2D eigenvalue weighted by molar-refractivity contribution is -0.385. The highest BCUT2D eigenvalue weighted by molar-refractivity contribution is 6.30. The van der Waals surface area contributed by atoms with E-state index >= 15 is 0 Å². The van der Waals surface area contributed by atoms with Gasteiger partial charge in [0, 0.05) is 10.6 Å². The van der Waals surface area contributed by atoms with E-state index in [2.05, 4.69) is 20.8 Å². The van der Waals surface area contributed by atoms with Crippen molar-refractivity contribution >= 4 is 29.0 Å². The number of amides is 1. The molecule has 3 aromatic rings. The molecule has 0 aliphatic carbocycles. The van der Waals surface area contributed by atoms with E-state index in [1.165, 1.54) is 12.1 Å². The summed E-state index contributed by atoms with van der Waals surface area (Å²) in [7, 11) is 0. The molecule has 0 bridgehead atoms. The van der Waals surface area contributed by atoms with Crippen LogP contribution in [-0.4, -0.2) is 20.8 Å². The molecule has 0 radical (unpaired) electrons. The predicted molar refractivity (Wildman–Crippen MR) is 102 cm³/mol. The monoisotopic (exact) mass is 399 g/mol. The maximum atomic E-state index is 12.2. The van der Waals surface area contributed by atoms with Gasteiger partial charge in [-0.25, -0.2) is 4.98 Å². The number of aromatic nitrogens is 2. The fourth-order valence-electron chi connectivity index (χ4n) is 2.20. The summed E-state index contributed by atoms with van der Waals surface area (Å²) in [5.74, 6) is -0.620. The Bertz CT molecular complexity index is 1010. The van der Waals surface area contributed by atoms with Crippen molar-refractivity contribution in [1.29, 1.82) is 0 Å². The highest BCUT2D eigenvalue weighted by Crippen LogP contribution is 2.33. The maximum Gasteiger partial charge on any atom is 0.374 e. The Hall–Kier alpha value is -3.72. The zero-order valence-electron chi connectivity index (χ0n) is 14.5. The fourth-order valence-corrected chi connectivity index (χ4v) is 2.33. The van der Waals surface area contributed by atoms with E-state index in [4.69, 9.17) is 16.3 Å². The summed E-state index contributed by atoms with van der Waals surface area (Å²) in [6.45, 7) is 1.91. The van der Waals surface area contributed by atoms with Crippen LogP contribution in [0.25, 0.3) is 0 Å². The zero-order valence-corrected chi connectivity index (χ0v) is 15.3. The molecule has 2 N–H and O–H groups in total. The first-order valence-corrected chi connectivity index (χ1v) is 8.37. The molecule has 0 aliphatic heterocycles. The van der Waals surface area contributed by atoms with Gasteiger partial charge in [-0.3, -0.25) is 25.8 Å². The molecule has 9 nitrogen and oxygen atoms in total. The van der Waals surface area contributed by atoms with Crippen LogP contribution in [0.1, 0.15) is 15.9 Å². The topological polar surface area (TPSA) is 119 Å². The number of carbonyl (C=O) groups is 1. The molecule has 0 spiro atoms. The van der Waals surface area contributed by atoms with Crippen LogP contribution in [0.5, 0.6) is 11.6 Å². The van der Waals surface area contributed by atoms with Crippen LogP contribution in [-0.2, 0) is 0 Å². The lowest BCUT2D eigenvalue weighted by Crippen LogP contribution is -2.30. The van der Waals surface area contributed by atoms with Crippen molar-refractivity contribution in [3.63, 3.8) is 0 Å². The third-order valence-corrected chi connectivity index (χ3v) is 3.86. The Labute approximate surface area is 164 Å². The molecule has 2 aromatic carbocycles. The van der Waals surface area contributed by atoms with Gasteiger partial charge in [-0.05, 0) is 43.3 Å². The zero-order chi connectivity index (χ0) is 20.1. The van der Waals surface area contributed by atoms with Crippen LogP contribution >= 0.6 is 11.6 Å². The van der Waals surface area contributed by atoms with Gasteiger partial charge in [-0.2, -0.15) is 4.98 Å². The molecule has 3 rings (SSSR count). The maximum absolute atomic E-state index is 12.2. The van der Waals surface area contributed by atoms with Crippen molar-refractivity contribution in [2.24, 2.45) is 0 Å². The Morgan fingerprint density at radius 2 is 1.79 bits per heavy atom. The molecule has 1 heterocycles. The number of rotatable bonds is 6. The number of carbonyl (C=O) groups excluding carboxylic acids is 1. The molecular weight excluding hydrogens is 386 g/mol. The second kappa shape index (κ2) is 8.31. The third kappa shape index (κ3) is 4.51. The largest absolute Gasteiger partial charge is 0.434 e. The van der Waals surface area contributed by atoms with Crippen LogP contribution in [0, 0.1) is 17.0 Å². The minimum Gasteiger partial charge on any atom is -0.434 e. The Morgan fingerprint density at radius 3 is 2.43 bits per heavy atom. The Kier molecular flexibility index (Phi) is 5.66. The summed E-state index contributed by atoms with van der Waals surface area (Å²) in [6.07, 6.45) is 1.09. The minimum absolute atomic E-state index is 0.218. The number of hydrogen-bond acceptors (Lipinski definition) is 7. The van der Waals surface area contributed by atoms with Crippen LogP contribution < -0.4 is 15.6 Å².